The zero-order chi connectivity index (χ0) is 15.9. The van der Waals surface area contributed by atoms with Gasteiger partial charge >= 0.3 is 6.61 Å². The molecule has 0 saturated carbocycles. The number of piperidine rings is 1. The van der Waals surface area contributed by atoms with Gasteiger partial charge in [-0.3, -0.25) is 4.90 Å². The minimum Gasteiger partial charge on any atom is -0.493 e. The molecule has 1 heterocycles. The molecule has 124 valence electrons. The fraction of sp³-hybridized carbons (Fsp3) is 0.625. The van der Waals surface area contributed by atoms with Crippen molar-refractivity contribution < 1.29 is 18.3 Å². The van der Waals surface area contributed by atoms with E-state index in [1.807, 2.05) is 6.07 Å². The normalized spacial score (nSPS) is 19.4. The van der Waals surface area contributed by atoms with Gasteiger partial charge in [-0.25, -0.2) is 0 Å². The molecule has 1 fully saturated rings. The summed E-state index contributed by atoms with van der Waals surface area (Å²) in [5, 5.41) is 0. The van der Waals surface area contributed by atoms with E-state index in [2.05, 4.69) is 9.64 Å². The minimum atomic E-state index is -2.85. The Morgan fingerprint density at radius 3 is 2.86 bits per heavy atom. The van der Waals surface area contributed by atoms with Crippen LogP contribution in [0.1, 0.15) is 24.8 Å². The fourth-order valence-corrected chi connectivity index (χ4v) is 3.03. The number of alkyl halides is 2. The van der Waals surface area contributed by atoms with Gasteiger partial charge in [-0.15, -0.1) is 0 Å². The van der Waals surface area contributed by atoms with Crippen molar-refractivity contribution in [2.24, 2.45) is 11.7 Å². The van der Waals surface area contributed by atoms with Crippen molar-refractivity contribution in [3.63, 3.8) is 0 Å². The van der Waals surface area contributed by atoms with Crippen LogP contribution in [0.2, 0.25) is 0 Å². The van der Waals surface area contributed by atoms with E-state index in [9.17, 15) is 8.78 Å². The first-order valence-corrected chi connectivity index (χ1v) is 7.66. The molecule has 0 aliphatic carbocycles. The summed E-state index contributed by atoms with van der Waals surface area (Å²) < 4.78 is 34.2. The summed E-state index contributed by atoms with van der Waals surface area (Å²) >= 11 is 0. The Labute approximate surface area is 130 Å². The zero-order valence-corrected chi connectivity index (χ0v) is 12.9. The lowest BCUT2D eigenvalue weighted by Gasteiger charge is -2.32. The van der Waals surface area contributed by atoms with Crippen molar-refractivity contribution in [3.8, 4) is 11.5 Å². The Balaban J connectivity index is 2.00. The van der Waals surface area contributed by atoms with E-state index < -0.39 is 6.61 Å². The van der Waals surface area contributed by atoms with Gasteiger partial charge in [0.15, 0.2) is 11.5 Å². The molecule has 2 N–H and O–H groups in total. The average molecular weight is 314 g/mol. The van der Waals surface area contributed by atoms with E-state index in [0.717, 1.165) is 38.2 Å². The fourth-order valence-electron chi connectivity index (χ4n) is 3.03. The lowest BCUT2D eigenvalue weighted by Crippen LogP contribution is -2.35. The first-order chi connectivity index (χ1) is 10.6. The maximum atomic E-state index is 12.3. The molecule has 1 aliphatic heterocycles. The summed E-state index contributed by atoms with van der Waals surface area (Å²) in [6.45, 7) is 0.755. The quantitative estimate of drug-likeness (QED) is 0.841. The number of hydrogen-bond acceptors (Lipinski definition) is 4. The topological polar surface area (TPSA) is 47.7 Å². The van der Waals surface area contributed by atoms with Crippen molar-refractivity contribution in [3.05, 3.63) is 23.8 Å². The summed E-state index contributed by atoms with van der Waals surface area (Å²) in [7, 11) is 1.45. The van der Waals surface area contributed by atoms with Crippen molar-refractivity contribution in [1.82, 2.24) is 4.90 Å². The smallest absolute Gasteiger partial charge is 0.387 e. The molecule has 0 spiro atoms. The van der Waals surface area contributed by atoms with Crippen LogP contribution >= 0.6 is 0 Å². The third-order valence-corrected chi connectivity index (χ3v) is 4.03. The van der Waals surface area contributed by atoms with Crippen molar-refractivity contribution in [1.29, 1.82) is 0 Å². The standard InChI is InChI=1S/C16H24F2N2O2/c1-21-15-9-13(4-5-14(15)22-16(17)18)11-20-8-2-3-12(10-20)6-7-19/h4-5,9,12,16H,2-3,6-8,10-11,19H2,1H3. The van der Waals surface area contributed by atoms with E-state index in [4.69, 9.17) is 10.5 Å². The second-order valence-corrected chi connectivity index (χ2v) is 5.68. The summed E-state index contributed by atoms with van der Waals surface area (Å²) in [4.78, 5) is 2.38. The van der Waals surface area contributed by atoms with E-state index in [1.54, 1.807) is 12.1 Å². The van der Waals surface area contributed by atoms with Crippen LogP contribution in [0.5, 0.6) is 11.5 Å². The molecular weight excluding hydrogens is 290 g/mol. The number of rotatable bonds is 7. The highest BCUT2D eigenvalue weighted by Gasteiger charge is 2.20. The number of nitrogens with zero attached hydrogens (tertiary/aromatic N) is 1. The number of nitrogens with two attached hydrogens (primary N) is 1. The molecule has 0 bridgehead atoms. The largest absolute Gasteiger partial charge is 0.493 e. The van der Waals surface area contributed by atoms with E-state index in [-0.39, 0.29) is 5.75 Å². The van der Waals surface area contributed by atoms with Crippen LogP contribution in [-0.2, 0) is 6.54 Å². The molecule has 1 aliphatic rings. The van der Waals surface area contributed by atoms with Gasteiger partial charge in [-0.05, 0) is 56.0 Å². The van der Waals surface area contributed by atoms with E-state index >= 15 is 0 Å². The summed E-state index contributed by atoms with van der Waals surface area (Å²) in [6.07, 6.45) is 3.47. The molecule has 1 atom stereocenters. The zero-order valence-electron chi connectivity index (χ0n) is 12.9. The molecule has 6 heteroatoms. The van der Waals surface area contributed by atoms with Gasteiger partial charge in [0, 0.05) is 13.1 Å². The Kier molecular flexibility index (Phi) is 6.39. The third kappa shape index (κ3) is 4.81. The lowest BCUT2D eigenvalue weighted by atomic mass is 9.94. The number of methoxy groups -OCH3 is 1. The van der Waals surface area contributed by atoms with Gasteiger partial charge < -0.3 is 15.2 Å². The van der Waals surface area contributed by atoms with E-state index in [1.165, 1.54) is 20.0 Å². The Morgan fingerprint density at radius 2 is 2.18 bits per heavy atom. The van der Waals surface area contributed by atoms with E-state index in [0.29, 0.717) is 11.7 Å². The highest BCUT2D eigenvalue weighted by molar-refractivity contribution is 5.43. The number of benzene rings is 1. The van der Waals surface area contributed by atoms with Crippen LogP contribution in [0, 0.1) is 5.92 Å². The number of hydrogen-bond donors (Lipinski definition) is 1. The van der Waals surface area contributed by atoms with Crippen molar-refractivity contribution in [2.45, 2.75) is 32.4 Å². The Bertz CT molecular complexity index is 469. The highest BCUT2D eigenvalue weighted by atomic mass is 19.3. The van der Waals surface area contributed by atoms with Crippen LogP contribution in [-0.4, -0.2) is 38.3 Å². The monoisotopic (exact) mass is 314 g/mol. The highest BCUT2D eigenvalue weighted by Crippen LogP contribution is 2.30. The molecule has 1 aromatic carbocycles. The Hall–Kier alpha value is -1.40. The summed E-state index contributed by atoms with van der Waals surface area (Å²) in [5.41, 5.74) is 6.68. The lowest BCUT2D eigenvalue weighted by molar-refractivity contribution is -0.0512. The van der Waals surface area contributed by atoms with Gasteiger partial charge in [0.2, 0.25) is 0 Å². The SMILES string of the molecule is COc1cc(CN2CCCC(CCN)C2)ccc1OC(F)F. The predicted octanol–water partition coefficient (Wildman–Crippen LogP) is 2.86. The molecule has 0 amide bonds. The molecule has 0 aromatic heterocycles. The molecule has 1 unspecified atom stereocenters. The molecule has 0 radical (unpaired) electrons. The molecular formula is C16H24F2N2O2. The first kappa shape index (κ1) is 17.0. The molecule has 2 rings (SSSR count). The molecule has 22 heavy (non-hydrogen) atoms. The van der Waals surface area contributed by atoms with Gasteiger partial charge in [0.25, 0.3) is 0 Å². The number of halogens is 2. The van der Waals surface area contributed by atoms with Crippen LogP contribution in [0.15, 0.2) is 18.2 Å². The number of ether oxygens (including phenoxy) is 2. The van der Waals surface area contributed by atoms with Crippen molar-refractivity contribution in [2.75, 3.05) is 26.7 Å². The van der Waals surface area contributed by atoms with Crippen LogP contribution in [0.3, 0.4) is 0 Å². The third-order valence-electron chi connectivity index (χ3n) is 4.03. The maximum Gasteiger partial charge on any atom is 0.387 e. The second kappa shape index (κ2) is 8.29. The van der Waals surface area contributed by atoms with Gasteiger partial charge in [-0.1, -0.05) is 6.07 Å². The second-order valence-electron chi connectivity index (χ2n) is 5.68. The van der Waals surface area contributed by atoms with Crippen molar-refractivity contribution >= 4 is 0 Å². The molecule has 1 saturated heterocycles. The summed E-state index contributed by atoms with van der Waals surface area (Å²) in [5.74, 6) is 1.07. The van der Waals surface area contributed by atoms with Gasteiger partial charge in [0.05, 0.1) is 7.11 Å². The predicted molar refractivity (Wildman–Crippen MR) is 81.3 cm³/mol. The summed E-state index contributed by atoms with van der Waals surface area (Å²) in [6, 6.07) is 5.12. The average Bonchev–Trinajstić information content (AvgIpc) is 2.49. The molecule has 1 aromatic rings. The number of likely N-dealkylation sites (tertiary alicyclic amines) is 1. The Morgan fingerprint density at radius 1 is 1.36 bits per heavy atom. The van der Waals surface area contributed by atoms with Crippen LogP contribution in [0.25, 0.3) is 0 Å². The van der Waals surface area contributed by atoms with Gasteiger partial charge in [0.1, 0.15) is 0 Å². The minimum absolute atomic E-state index is 0.0703. The molecule has 4 nitrogen and oxygen atoms in total. The van der Waals surface area contributed by atoms with Gasteiger partial charge in [-0.2, -0.15) is 8.78 Å². The van der Waals surface area contributed by atoms with Crippen LogP contribution < -0.4 is 15.2 Å². The maximum absolute atomic E-state index is 12.3. The van der Waals surface area contributed by atoms with Crippen LogP contribution in [0.4, 0.5) is 8.78 Å². The first-order valence-electron chi connectivity index (χ1n) is 7.66.